The third-order valence-corrected chi connectivity index (χ3v) is 13.0. The molecule has 0 aliphatic carbocycles. The number of allylic oxidation sites excluding steroid dienone is 15. The Hall–Kier alpha value is -3.60. The molecule has 0 saturated heterocycles. The highest BCUT2D eigenvalue weighted by Gasteiger charge is 2.28. The molecule has 0 saturated carbocycles. The fourth-order valence-corrected chi connectivity index (χ4v) is 8.46. The second-order valence-electron chi connectivity index (χ2n) is 19.1. The van der Waals surface area contributed by atoms with E-state index in [0.717, 1.165) is 83.5 Å². The zero-order valence-corrected chi connectivity index (χ0v) is 47.7. The minimum absolute atomic E-state index is 0.00949. The molecule has 0 aromatic heterocycles. The topological polar surface area (TPSA) is 155 Å². The van der Waals surface area contributed by atoms with Crippen LogP contribution in [0.25, 0.3) is 0 Å². The number of aliphatic hydroxyl groups excluding tert-OH is 1. The van der Waals surface area contributed by atoms with E-state index in [0.29, 0.717) is 19.3 Å². The molecule has 12 heteroatoms. The quantitative estimate of drug-likeness (QED) is 0.0197. The first-order valence-corrected chi connectivity index (χ1v) is 30.6. The number of unbranched alkanes of at least 4 members (excludes halogenated alkanes) is 21. The van der Waals surface area contributed by atoms with Gasteiger partial charge in [0, 0.05) is 12.8 Å². The number of ether oxygens (including phenoxy) is 3. The smallest absolute Gasteiger partial charge is 0.461 e. The molecular formula is C62H105O11P. The minimum Gasteiger partial charge on any atom is -0.461 e. The first-order chi connectivity index (χ1) is 36.2. The van der Waals surface area contributed by atoms with E-state index in [1.165, 1.54) is 96.3 Å². The van der Waals surface area contributed by atoms with Gasteiger partial charge in [-0.25, -0.2) is 4.57 Å². The number of phosphoric acid groups is 1. The van der Waals surface area contributed by atoms with Crippen molar-refractivity contribution in [1.82, 2.24) is 0 Å². The highest BCUT2D eigenvalue weighted by Crippen LogP contribution is 2.43. The summed E-state index contributed by atoms with van der Waals surface area (Å²) in [5.41, 5.74) is 0. The van der Waals surface area contributed by atoms with Gasteiger partial charge in [0.2, 0.25) is 0 Å². The number of carbonyl (C=O) groups is 3. The molecule has 0 aromatic carbocycles. The lowest BCUT2D eigenvalue weighted by Gasteiger charge is -2.21. The van der Waals surface area contributed by atoms with Crippen molar-refractivity contribution in [3.05, 3.63) is 97.2 Å². The van der Waals surface area contributed by atoms with Crippen molar-refractivity contribution in [3.63, 3.8) is 0 Å². The van der Waals surface area contributed by atoms with Gasteiger partial charge in [0.05, 0.1) is 26.2 Å². The average Bonchev–Trinajstić information content (AvgIpc) is 3.39. The molecule has 11 nitrogen and oxygen atoms in total. The zero-order valence-electron chi connectivity index (χ0n) is 46.8. The van der Waals surface area contributed by atoms with Crippen LogP contribution in [0.2, 0.25) is 0 Å². The number of esters is 3. The molecule has 0 bridgehead atoms. The standard InChI is InChI=1S/C62H105O11P/c1-4-7-10-13-16-19-22-25-27-28-29-30-32-35-38-41-44-47-50-53-62(66)73-59(55-69-60(64)51-48-45-42-39-36-34-31-26-23-20-17-14-11-8-5-2)57-71-74(67,68)70-56-58(54-63)72-61(65)52-49-46-43-40-37-33-24-21-18-15-12-9-6-3/h8-9,11-12,17-18,20-21,26,31,33,36-37,39,45,48,58-59,63H,4-7,10,13-16,19,22-25,27-30,32,34-35,38,40-44,46-47,49-57H2,1-3H3,(H,67,68)/b11-8-,12-9-,20-17-,21-18-,31-26-,37-33-,39-36-,48-45-. The predicted molar refractivity (Wildman–Crippen MR) is 307 cm³/mol. The summed E-state index contributed by atoms with van der Waals surface area (Å²) in [6, 6.07) is 0. The lowest BCUT2D eigenvalue weighted by Crippen LogP contribution is -2.30. The number of hydrogen-bond donors (Lipinski definition) is 2. The summed E-state index contributed by atoms with van der Waals surface area (Å²) >= 11 is 0. The van der Waals surface area contributed by atoms with Crippen LogP contribution in [0.3, 0.4) is 0 Å². The summed E-state index contributed by atoms with van der Waals surface area (Å²) in [6.07, 6.45) is 65.5. The van der Waals surface area contributed by atoms with E-state index in [-0.39, 0.29) is 19.3 Å². The Balaban J connectivity index is 4.82. The summed E-state index contributed by atoms with van der Waals surface area (Å²) < 4.78 is 39.4. The second-order valence-corrected chi connectivity index (χ2v) is 20.5. The van der Waals surface area contributed by atoms with Gasteiger partial charge in [-0.1, -0.05) is 240 Å². The molecule has 2 N–H and O–H groups in total. The van der Waals surface area contributed by atoms with Gasteiger partial charge in [-0.3, -0.25) is 23.4 Å². The number of phosphoric ester groups is 1. The van der Waals surface area contributed by atoms with E-state index in [1.807, 2.05) is 12.2 Å². The van der Waals surface area contributed by atoms with E-state index in [2.05, 4.69) is 99.8 Å². The lowest BCUT2D eigenvalue weighted by molar-refractivity contribution is -0.161. The van der Waals surface area contributed by atoms with Crippen LogP contribution in [0.1, 0.15) is 239 Å². The maximum absolute atomic E-state index is 12.9. The van der Waals surface area contributed by atoms with Gasteiger partial charge >= 0.3 is 25.7 Å². The maximum atomic E-state index is 12.9. The highest BCUT2D eigenvalue weighted by molar-refractivity contribution is 7.47. The van der Waals surface area contributed by atoms with Gasteiger partial charge in [0.1, 0.15) is 12.7 Å². The molecule has 0 heterocycles. The third-order valence-electron chi connectivity index (χ3n) is 12.0. The molecule has 74 heavy (non-hydrogen) atoms. The van der Waals surface area contributed by atoms with Crippen molar-refractivity contribution in [2.45, 2.75) is 251 Å². The first kappa shape index (κ1) is 70.4. The Labute approximate surface area is 451 Å². The summed E-state index contributed by atoms with van der Waals surface area (Å²) in [5.74, 6) is -1.65. The largest absolute Gasteiger partial charge is 0.472 e. The molecule has 0 amide bonds. The Kier molecular flexibility index (Phi) is 52.9. The number of hydrogen-bond acceptors (Lipinski definition) is 10. The van der Waals surface area contributed by atoms with Crippen molar-refractivity contribution in [1.29, 1.82) is 0 Å². The molecule has 0 radical (unpaired) electrons. The second kappa shape index (κ2) is 55.6. The van der Waals surface area contributed by atoms with Crippen LogP contribution >= 0.6 is 7.82 Å². The monoisotopic (exact) mass is 1060 g/mol. The van der Waals surface area contributed by atoms with E-state index in [9.17, 15) is 28.9 Å². The average molecular weight is 1060 g/mol. The Morgan fingerprint density at radius 3 is 1.15 bits per heavy atom. The molecule has 3 atom stereocenters. The molecule has 3 unspecified atom stereocenters. The lowest BCUT2D eigenvalue weighted by atomic mass is 10.0. The minimum atomic E-state index is -4.78. The van der Waals surface area contributed by atoms with Crippen molar-refractivity contribution in [2.75, 3.05) is 26.4 Å². The summed E-state index contributed by atoms with van der Waals surface area (Å²) in [6.45, 7) is 4.28. The van der Waals surface area contributed by atoms with Gasteiger partial charge < -0.3 is 24.2 Å². The maximum Gasteiger partial charge on any atom is 0.472 e. The van der Waals surface area contributed by atoms with Crippen LogP contribution in [-0.4, -0.2) is 66.5 Å². The van der Waals surface area contributed by atoms with Gasteiger partial charge in [0.15, 0.2) is 6.10 Å². The molecule has 0 aliphatic heterocycles. The van der Waals surface area contributed by atoms with Gasteiger partial charge in [-0.05, 0) is 77.0 Å². The molecule has 0 aliphatic rings. The molecule has 0 aromatic rings. The van der Waals surface area contributed by atoms with Crippen LogP contribution in [0.5, 0.6) is 0 Å². The highest BCUT2D eigenvalue weighted by atomic mass is 31.2. The van der Waals surface area contributed by atoms with Gasteiger partial charge in [-0.2, -0.15) is 0 Å². The number of aliphatic hydroxyl groups is 1. The van der Waals surface area contributed by atoms with Crippen LogP contribution in [-0.2, 0) is 42.2 Å². The van der Waals surface area contributed by atoms with Crippen LogP contribution in [0.4, 0.5) is 0 Å². The van der Waals surface area contributed by atoms with E-state index in [4.69, 9.17) is 23.3 Å². The van der Waals surface area contributed by atoms with Crippen LogP contribution in [0.15, 0.2) is 97.2 Å². The fourth-order valence-electron chi connectivity index (χ4n) is 7.68. The van der Waals surface area contributed by atoms with Crippen molar-refractivity contribution >= 4 is 25.7 Å². The summed E-state index contributed by atoms with van der Waals surface area (Å²) in [5, 5.41) is 9.80. The van der Waals surface area contributed by atoms with Gasteiger partial charge in [0.25, 0.3) is 0 Å². The Morgan fingerprint density at radius 2 is 0.743 bits per heavy atom. The van der Waals surface area contributed by atoms with Gasteiger partial charge in [-0.15, -0.1) is 0 Å². The normalized spacial score (nSPS) is 14.1. The predicted octanol–water partition coefficient (Wildman–Crippen LogP) is 17.3. The SMILES string of the molecule is CC/C=C\C/C=C\C/C=C\C/C=C\C/C=C\CC(=O)OCC(COP(=O)(O)OCC(CO)OC(=O)CCCCC/C=C\C/C=C\C/C=C\CC)OC(=O)CCCCCCCCCCCCCCCCCCCCC. The van der Waals surface area contributed by atoms with Crippen LogP contribution in [0, 0.1) is 0 Å². The molecular weight excluding hydrogens is 952 g/mol. The van der Waals surface area contributed by atoms with Crippen molar-refractivity contribution < 1.29 is 52.2 Å². The van der Waals surface area contributed by atoms with E-state index >= 15 is 0 Å². The Morgan fingerprint density at radius 1 is 0.405 bits per heavy atom. The van der Waals surface area contributed by atoms with E-state index < -0.39 is 64.4 Å². The fraction of sp³-hybridized carbons (Fsp3) is 0.694. The van der Waals surface area contributed by atoms with Crippen molar-refractivity contribution in [2.24, 2.45) is 0 Å². The summed E-state index contributed by atoms with van der Waals surface area (Å²) in [4.78, 5) is 48.5. The molecule has 0 rings (SSSR count). The summed E-state index contributed by atoms with van der Waals surface area (Å²) in [7, 11) is -4.78. The first-order valence-electron chi connectivity index (χ1n) is 29.1. The molecule has 0 spiro atoms. The number of carbonyl (C=O) groups excluding carboxylic acids is 3. The molecule has 0 fully saturated rings. The number of rotatable bonds is 53. The van der Waals surface area contributed by atoms with E-state index in [1.54, 1.807) is 6.08 Å². The third kappa shape index (κ3) is 53.2. The molecule has 424 valence electrons. The van der Waals surface area contributed by atoms with Crippen molar-refractivity contribution in [3.8, 4) is 0 Å². The van der Waals surface area contributed by atoms with Crippen LogP contribution < -0.4 is 0 Å². The Bertz CT molecular complexity index is 1610. The zero-order chi connectivity index (χ0) is 54.1.